The van der Waals surface area contributed by atoms with E-state index >= 15 is 0 Å². The molecule has 4 fully saturated rings. The van der Waals surface area contributed by atoms with Gasteiger partial charge in [0.05, 0.1) is 5.41 Å². The van der Waals surface area contributed by atoms with Gasteiger partial charge in [0.15, 0.2) is 6.10 Å². The minimum atomic E-state index is -0.800. The first-order chi connectivity index (χ1) is 16.7. The summed E-state index contributed by atoms with van der Waals surface area (Å²) in [5.41, 5.74) is 6.01. The standard InChI is InChI=1S/C31H35NO3/c1-18-9-10-24(11-19(18)2)30-13-22-12-23(14-30)16-31(15-22,17-30)29(34)35-21(4)28(33)27-20(3)32-26-8-6-5-7-25(26)27/h5-11,21-23,32H,12-17H2,1-4H3/t21-,22-,23+,30?,31?/m1/s1. The molecule has 7 rings (SSSR count). The van der Waals surface area contributed by atoms with Crippen molar-refractivity contribution in [1.82, 2.24) is 4.98 Å². The van der Waals surface area contributed by atoms with Crippen molar-refractivity contribution in [3.63, 3.8) is 0 Å². The highest BCUT2D eigenvalue weighted by atomic mass is 16.5. The van der Waals surface area contributed by atoms with Crippen LogP contribution in [0.4, 0.5) is 0 Å². The molecule has 5 atom stereocenters. The first kappa shape index (κ1) is 22.6. The zero-order valence-corrected chi connectivity index (χ0v) is 21.2. The number of Topliss-reactive ketones (excluding diaryl/α,β-unsaturated/α-hetero) is 1. The van der Waals surface area contributed by atoms with Gasteiger partial charge >= 0.3 is 5.97 Å². The fourth-order valence-corrected chi connectivity index (χ4v) is 8.05. The second kappa shape index (κ2) is 7.81. The quantitative estimate of drug-likeness (QED) is 0.332. The second-order valence-corrected chi connectivity index (χ2v) is 11.9. The molecule has 1 heterocycles. The van der Waals surface area contributed by atoms with Gasteiger partial charge in [0, 0.05) is 22.2 Å². The molecular weight excluding hydrogens is 434 g/mol. The molecular formula is C31H35NO3. The lowest BCUT2D eigenvalue weighted by atomic mass is 9.43. The van der Waals surface area contributed by atoms with Crippen molar-refractivity contribution in [1.29, 1.82) is 0 Å². The van der Waals surface area contributed by atoms with Crippen LogP contribution in [0.3, 0.4) is 0 Å². The Morgan fingerprint density at radius 3 is 2.40 bits per heavy atom. The van der Waals surface area contributed by atoms with E-state index in [1.165, 1.54) is 36.0 Å². The molecule has 1 N–H and O–H groups in total. The Kier molecular flexibility index (Phi) is 5.04. The maximum absolute atomic E-state index is 13.8. The number of rotatable bonds is 5. The number of ketones is 1. The normalized spacial score (nSPS) is 29.9. The van der Waals surface area contributed by atoms with Crippen LogP contribution in [-0.4, -0.2) is 22.8 Å². The number of esters is 1. The number of aryl methyl sites for hydroxylation is 3. The Morgan fingerprint density at radius 1 is 0.971 bits per heavy atom. The van der Waals surface area contributed by atoms with E-state index in [2.05, 4.69) is 37.0 Å². The second-order valence-electron chi connectivity index (χ2n) is 11.9. The van der Waals surface area contributed by atoms with E-state index in [0.717, 1.165) is 35.9 Å². The molecule has 4 nitrogen and oxygen atoms in total. The first-order valence-corrected chi connectivity index (χ1v) is 13.1. The lowest BCUT2D eigenvalue weighted by molar-refractivity contribution is -0.176. The highest BCUT2D eigenvalue weighted by molar-refractivity contribution is 6.11. The van der Waals surface area contributed by atoms with E-state index in [1.807, 2.05) is 31.2 Å². The largest absolute Gasteiger partial charge is 0.454 e. The third-order valence-corrected chi connectivity index (χ3v) is 9.41. The van der Waals surface area contributed by atoms with Crippen molar-refractivity contribution in [2.75, 3.05) is 0 Å². The number of nitrogens with one attached hydrogen (secondary N) is 1. The van der Waals surface area contributed by atoms with E-state index in [4.69, 9.17) is 4.74 Å². The van der Waals surface area contributed by atoms with Crippen molar-refractivity contribution in [3.05, 3.63) is 70.4 Å². The minimum Gasteiger partial charge on any atom is -0.454 e. The number of aromatic nitrogens is 1. The molecule has 0 radical (unpaired) electrons. The molecule has 4 bridgehead atoms. The fourth-order valence-electron chi connectivity index (χ4n) is 8.05. The Morgan fingerprint density at radius 2 is 1.69 bits per heavy atom. The van der Waals surface area contributed by atoms with E-state index in [-0.39, 0.29) is 17.2 Å². The molecule has 182 valence electrons. The molecule has 4 saturated carbocycles. The molecule has 0 amide bonds. The number of carbonyl (C=O) groups excluding carboxylic acids is 2. The number of ether oxygens (including phenoxy) is 1. The van der Waals surface area contributed by atoms with Gasteiger partial charge in [0.2, 0.25) is 5.78 Å². The monoisotopic (exact) mass is 469 g/mol. The number of benzene rings is 2. The van der Waals surface area contributed by atoms with Gasteiger partial charge in [-0.1, -0.05) is 36.4 Å². The molecule has 2 aromatic carbocycles. The van der Waals surface area contributed by atoms with Crippen molar-refractivity contribution < 1.29 is 14.3 Å². The van der Waals surface area contributed by atoms with Gasteiger partial charge in [0.25, 0.3) is 0 Å². The van der Waals surface area contributed by atoms with Crippen molar-refractivity contribution in [3.8, 4) is 0 Å². The summed E-state index contributed by atoms with van der Waals surface area (Å²) in [6.07, 6.45) is 5.43. The summed E-state index contributed by atoms with van der Waals surface area (Å²) < 4.78 is 6.05. The van der Waals surface area contributed by atoms with Crippen LogP contribution in [0.5, 0.6) is 0 Å². The van der Waals surface area contributed by atoms with Crippen LogP contribution in [0.2, 0.25) is 0 Å². The van der Waals surface area contributed by atoms with Crippen LogP contribution in [0, 0.1) is 38.0 Å². The molecule has 4 aliphatic carbocycles. The summed E-state index contributed by atoms with van der Waals surface area (Å²) in [6, 6.07) is 14.7. The van der Waals surface area contributed by atoms with Crippen molar-refractivity contribution >= 4 is 22.7 Å². The van der Waals surface area contributed by atoms with E-state index in [1.54, 1.807) is 6.92 Å². The number of aromatic amines is 1. The summed E-state index contributed by atoms with van der Waals surface area (Å²) in [5, 5.41) is 0.890. The Bertz CT molecular complexity index is 1330. The molecule has 0 spiro atoms. The van der Waals surface area contributed by atoms with Crippen LogP contribution in [0.15, 0.2) is 42.5 Å². The zero-order valence-electron chi connectivity index (χ0n) is 21.2. The van der Waals surface area contributed by atoms with Gasteiger partial charge in [-0.05, 0) is 106 Å². The molecule has 2 unspecified atom stereocenters. The SMILES string of the molecule is Cc1ccc(C23C[C@@H]4C[C@@H](CC(C(=O)O[C@H](C)C(=O)c5c(C)[nH]c6ccccc56)(C4)C2)C3)cc1C. The van der Waals surface area contributed by atoms with Gasteiger partial charge < -0.3 is 9.72 Å². The minimum absolute atomic E-state index is 0.0578. The average molecular weight is 470 g/mol. The average Bonchev–Trinajstić information content (AvgIpc) is 3.15. The summed E-state index contributed by atoms with van der Waals surface area (Å²) in [5.74, 6) is 0.847. The molecule has 0 saturated heterocycles. The number of para-hydroxylation sites is 1. The predicted octanol–water partition coefficient (Wildman–Crippen LogP) is 6.75. The van der Waals surface area contributed by atoms with Gasteiger partial charge in [-0.15, -0.1) is 0 Å². The first-order valence-electron chi connectivity index (χ1n) is 13.1. The predicted molar refractivity (Wildman–Crippen MR) is 138 cm³/mol. The zero-order chi connectivity index (χ0) is 24.5. The maximum atomic E-state index is 13.8. The lowest BCUT2D eigenvalue weighted by Gasteiger charge is -2.61. The number of fused-ring (bicyclic) bond motifs is 1. The Balaban J connectivity index is 1.28. The smallest absolute Gasteiger partial charge is 0.312 e. The summed E-state index contributed by atoms with van der Waals surface area (Å²) in [4.78, 5) is 30.6. The third kappa shape index (κ3) is 3.48. The van der Waals surface area contributed by atoms with Crippen LogP contribution < -0.4 is 0 Å². The highest BCUT2D eigenvalue weighted by Gasteiger charge is 2.62. The van der Waals surface area contributed by atoms with Gasteiger partial charge in [-0.3, -0.25) is 9.59 Å². The van der Waals surface area contributed by atoms with Gasteiger partial charge in [0.1, 0.15) is 0 Å². The van der Waals surface area contributed by atoms with Crippen LogP contribution in [0.25, 0.3) is 10.9 Å². The van der Waals surface area contributed by atoms with Gasteiger partial charge in [-0.25, -0.2) is 0 Å². The van der Waals surface area contributed by atoms with Crippen molar-refractivity contribution in [2.45, 2.75) is 77.7 Å². The number of hydrogen-bond donors (Lipinski definition) is 1. The Labute approximate surface area is 207 Å². The summed E-state index contributed by atoms with van der Waals surface area (Å²) in [7, 11) is 0. The van der Waals surface area contributed by atoms with Gasteiger partial charge in [-0.2, -0.15) is 0 Å². The van der Waals surface area contributed by atoms with Crippen molar-refractivity contribution in [2.24, 2.45) is 17.3 Å². The topological polar surface area (TPSA) is 59.2 Å². The molecule has 35 heavy (non-hydrogen) atoms. The summed E-state index contributed by atoms with van der Waals surface area (Å²) in [6.45, 7) is 7.99. The highest BCUT2D eigenvalue weighted by Crippen LogP contribution is 2.66. The van der Waals surface area contributed by atoms with E-state index < -0.39 is 11.5 Å². The number of carbonyl (C=O) groups is 2. The van der Waals surface area contributed by atoms with Crippen LogP contribution in [-0.2, 0) is 14.9 Å². The van der Waals surface area contributed by atoms with E-state index in [9.17, 15) is 9.59 Å². The Hall–Kier alpha value is -2.88. The molecule has 1 aromatic heterocycles. The molecule has 3 aromatic rings. The molecule has 4 aliphatic rings. The summed E-state index contributed by atoms with van der Waals surface area (Å²) >= 11 is 0. The lowest BCUT2D eigenvalue weighted by Crippen LogP contribution is -2.57. The third-order valence-electron chi connectivity index (χ3n) is 9.41. The molecule has 0 aliphatic heterocycles. The fraction of sp³-hybridized carbons (Fsp3) is 0.484. The maximum Gasteiger partial charge on any atom is 0.312 e. The van der Waals surface area contributed by atoms with Crippen LogP contribution in [0.1, 0.15) is 78.2 Å². The number of hydrogen-bond acceptors (Lipinski definition) is 3. The van der Waals surface area contributed by atoms with Crippen LogP contribution >= 0.6 is 0 Å². The molecule has 4 heteroatoms. The number of H-pyrrole nitrogens is 1. The van der Waals surface area contributed by atoms with E-state index in [0.29, 0.717) is 17.4 Å².